The van der Waals surface area contributed by atoms with Crippen molar-refractivity contribution in [3.8, 4) is 0 Å². The number of ether oxygens (including phenoxy) is 1. The third-order valence-electron chi connectivity index (χ3n) is 3.98. The van der Waals surface area contributed by atoms with Gasteiger partial charge in [-0.25, -0.2) is 4.79 Å². The summed E-state index contributed by atoms with van der Waals surface area (Å²) in [5.74, 6) is -0.248. The van der Waals surface area contributed by atoms with Gasteiger partial charge >= 0.3 is 5.97 Å². The van der Waals surface area contributed by atoms with Gasteiger partial charge in [-0.05, 0) is 50.8 Å². The van der Waals surface area contributed by atoms with Gasteiger partial charge in [-0.2, -0.15) is 0 Å². The zero-order chi connectivity index (χ0) is 14.5. The minimum absolute atomic E-state index is 0.248. The Morgan fingerprint density at radius 1 is 1.60 bits per heavy atom. The van der Waals surface area contributed by atoms with Crippen LogP contribution in [0, 0.1) is 6.92 Å². The summed E-state index contributed by atoms with van der Waals surface area (Å²) in [6, 6.07) is 2.54. The van der Waals surface area contributed by atoms with Crippen LogP contribution < -0.4 is 0 Å². The standard InChI is InChI=1S/C15H23NO3S/c1-11-12(9-14(20-11)15(18)19-2)10-16-7-3-5-13(16)6-4-8-17/h9,13,17H,3-8,10H2,1-2H3. The van der Waals surface area contributed by atoms with E-state index in [4.69, 9.17) is 9.84 Å². The Hall–Kier alpha value is -0.910. The lowest BCUT2D eigenvalue weighted by Crippen LogP contribution is -2.29. The van der Waals surface area contributed by atoms with E-state index in [9.17, 15) is 4.79 Å². The van der Waals surface area contributed by atoms with Gasteiger partial charge in [0, 0.05) is 24.1 Å². The third-order valence-corrected chi connectivity index (χ3v) is 5.05. The number of aliphatic hydroxyl groups is 1. The molecule has 2 heterocycles. The first-order valence-electron chi connectivity index (χ1n) is 7.18. The van der Waals surface area contributed by atoms with Gasteiger partial charge in [0.05, 0.1) is 7.11 Å². The van der Waals surface area contributed by atoms with Crippen molar-refractivity contribution in [1.29, 1.82) is 0 Å². The molecule has 0 spiro atoms. The molecule has 0 bridgehead atoms. The van der Waals surface area contributed by atoms with E-state index in [-0.39, 0.29) is 12.6 Å². The molecule has 4 nitrogen and oxygen atoms in total. The highest BCUT2D eigenvalue weighted by Crippen LogP contribution is 2.28. The molecule has 1 N–H and O–H groups in total. The van der Waals surface area contributed by atoms with Gasteiger partial charge < -0.3 is 9.84 Å². The Morgan fingerprint density at radius 3 is 3.10 bits per heavy atom. The molecule has 1 aromatic rings. The Labute approximate surface area is 124 Å². The van der Waals surface area contributed by atoms with Crippen molar-refractivity contribution in [1.82, 2.24) is 4.90 Å². The second kappa shape index (κ2) is 7.20. The molecule has 1 atom stereocenters. The molecule has 1 aliphatic rings. The van der Waals surface area contributed by atoms with E-state index in [1.807, 2.05) is 6.07 Å². The fourth-order valence-electron chi connectivity index (χ4n) is 2.85. The van der Waals surface area contributed by atoms with Crippen LogP contribution in [0.5, 0.6) is 0 Å². The number of likely N-dealkylation sites (tertiary alicyclic amines) is 1. The molecule has 1 saturated heterocycles. The average molecular weight is 297 g/mol. The van der Waals surface area contributed by atoms with Crippen LogP contribution in [-0.4, -0.2) is 42.3 Å². The molecule has 0 aromatic carbocycles. The topological polar surface area (TPSA) is 49.8 Å². The SMILES string of the molecule is COC(=O)c1cc(CN2CCCC2CCCO)c(C)s1. The van der Waals surface area contributed by atoms with E-state index < -0.39 is 0 Å². The summed E-state index contributed by atoms with van der Waals surface area (Å²) >= 11 is 1.51. The van der Waals surface area contributed by atoms with Crippen molar-refractivity contribution in [2.24, 2.45) is 0 Å². The Balaban J connectivity index is 2.01. The lowest BCUT2D eigenvalue weighted by molar-refractivity contribution is 0.0606. The lowest BCUT2D eigenvalue weighted by Gasteiger charge is -2.24. The van der Waals surface area contributed by atoms with Gasteiger partial charge in [-0.15, -0.1) is 11.3 Å². The van der Waals surface area contributed by atoms with Crippen molar-refractivity contribution in [3.05, 3.63) is 21.4 Å². The number of aryl methyl sites for hydroxylation is 1. The Morgan fingerprint density at radius 2 is 2.40 bits per heavy atom. The van der Waals surface area contributed by atoms with E-state index in [1.54, 1.807) is 0 Å². The number of carbonyl (C=O) groups is 1. The number of aliphatic hydroxyl groups excluding tert-OH is 1. The second-order valence-electron chi connectivity index (χ2n) is 5.32. The second-order valence-corrected chi connectivity index (χ2v) is 6.57. The highest BCUT2D eigenvalue weighted by Gasteiger charge is 2.25. The molecule has 20 heavy (non-hydrogen) atoms. The minimum Gasteiger partial charge on any atom is -0.465 e. The maximum Gasteiger partial charge on any atom is 0.348 e. The molecule has 0 radical (unpaired) electrons. The molecule has 0 amide bonds. The van der Waals surface area contributed by atoms with Crippen LogP contribution in [0.2, 0.25) is 0 Å². The van der Waals surface area contributed by atoms with Gasteiger partial charge in [0.2, 0.25) is 0 Å². The normalized spacial score (nSPS) is 19.4. The highest BCUT2D eigenvalue weighted by atomic mass is 32.1. The summed E-state index contributed by atoms with van der Waals surface area (Å²) in [6.07, 6.45) is 4.37. The van der Waals surface area contributed by atoms with E-state index in [1.165, 1.54) is 41.7 Å². The van der Waals surface area contributed by atoms with Gasteiger partial charge in [0.25, 0.3) is 0 Å². The molecule has 1 aromatic heterocycles. The monoisotopic (exact) mass is 297 g/mol. The number of thiophene rings is 1. The summed E-state index contributed by atoms with van der Waals surface area (Å²) < 4.78 is 4.78. The summed E-state index contributed by atoms with van der Waals surface area (Å²) in [5.41, 5.74) is 1.23. The number of methoxy groups -OCH3 is 1. The van der Waals surface area contributed by atoms with Crippen LogP contribution in [-0.2, 0) is 11.3 Å². The molecule has 5 heteroatoms. The molecule has 1 fully saturated rings. The molecule has 1 unspecified atom stereocenters. The fraction of sp³-hybridized carbons (Fsp3) is 0.667. The van der Waals surface area contributed by atoms with Crippen LogP contribution in [0.1, 0.15) is 45.8 Å². The summed E-state index contributed by atoms with van der Waals surface area (Å²) in [6.45, 7) is 4.34. The Kier molecular flexibility index (Phi) is 5.57. The van der Waals surface area contributed by atoms with Crippen molar-refractivity contribution in [2.75, 3.05) is 20.3 Å². The summed E-state index contributed by atoms with van der Waals surface area (Å²) in [7, 11) is 1.42. The van der Waals surface area contributed by atoms with E-state index in [0.29, 0.717) is 10.9 Å². The summed E-state index contributed by atoms with van der Waals surface area (Å²) in [4.78, 5) is 15.9. The van der Waals surface area contributed by atoms with Crippen molar-refractivity contribution >= 4 is 17.3 Å². The van der Waals surface area contributed by atoms with Crippen molar-refractivity contribution < 1.29 is 14.6 Å². The molecule has 2 rings (SSSR count). The first kappa shape index (κ1) is 15.5. The third kappa shape index (κ3) is 3.59. The molecule has 0 aliphatic carbocycles. The lowest BCUT2D eigenvalue weighted by atomic mass is 10.1. The highest BCUT2D eigenvalue weighted by molar-refractivity contribution is 7.14. The zero-order valence-electron chi connectivity index (χ0n) is 12.2. The molecule has 0 saturated carbocycles. The van der Waals surface area contributed by atoms with E-state index in [0.717, 1.165) is 25.9 Å². The number of esters is 1. The van der Waals surface area contributed by atoms with Crippen molar-refractivity contribution in [3.63, 3.8) is 0 Å². The number of nitrogens with zero attached hydrogens (tertiary/aromatic N) is 1. The molecule has 1 aliphatic heterocycles. The summed E-state index contributed by atoms with van der Waals surface area (Å²) in [5, 5.41) is 8.97. The smallest absolute Gasteiger partial charge is 0.348 e. The van der Waals surface area contributed by atoms with Crippen LogP contribution in [0.4, 0.5) is 0 Å². The molecular weight excluding hydrogens is 274 g/mol. The first-order chi connectivity index (χ1) is 9.65. The van der Waals surface area contributed by atoms with Crippen molar-refractivity contribution in [2.45, 2.75) is 45.2 Å². The quantitative estimate of drug-likeness (QED) is 0.820. The van der Waals surface area contributed by atoms with E-state index in [2.05, 4.69) is 11.8 Å². The Bertz CT molecular complexity index is 458. The van der Waals surface area contributed by atoms with Gasteiger partial charge in [0.15, 0.2) is 0 Å². The van der Waals surface area contributed by atoms with Crippen LogP contribution in [0.3, 0.4) is 0 Å². The zero-order valence-corrected chi connectivity index (χ0v) is 13.0. The van der Waals surface area contributed by atoms with Crippen LogP contribution >= 0.6 is 11.3 Å². The van der Waals surface area contributed by atoms with Crippen LogP contribution in [0.25, 0.3) is 0 Å². The van der Waals surface area contributed by atoms with Crippen LogP contribution in [0.15, 0.2) is 6.07 Å². The number of hydrogen-bond donors (Lipinski definition) is 1. The van der Waals surface area contributed by atoms with Gasteiger partial charge in [-0.3, -0.25) is 4.90 Å². The number of hydrogen-bond acceptors (Lipinski definition) is 5. The first-order valence-corrected chi connectivity index (χ1v) is 8.00. The largest absolute Gasteiger partial charge is 0.465 e. The molecule has 112 valence electrons. The molecular formula is C15H23NO3S. The minimum atomic E-state index is -0.248. The number of carbonyl (C=O) groups excluding carboxylic acids is 1. The predicted octanol–water partition coefficient (Wildman–Crippen LogP) is 2.58. The number of rotatable bonds is 6. The maximum atomic E-state index is 11.6. The maximum absolute atomic E-state index is 11.6. The predicted molar refractivity (Wildman–Crippen MR) is 80.1 cm³/mol. The van der Waals surface area contributed by atoms with Gasteiger partial charge in [0.1, 0.15) is 4.88 Å². The van der Waals surface area contributed by atoms with Gasteiger partial charge in [-0.1, -0.05) is 0 Å². The fourth-order valence-corrected chi connectivity index (χ4v) is 3.81. The van der Waals surface area contributed by atoms with E-state index >= 15 is 0 Å². The average Bonchev–Trinajstić information content (AvgIpc) is 3.03.